The smallest absolute Gasteiger partial charge is 0.274 e. The average molecular weight is 469 g/mol. The Hall–Kier alpha value is -2.64. The second kappa shape index (κ2) is 9.88. The Bertz CT molecular complexity index is 1120. The van der Waals surface area contributed by atoms with Crippen molar-refractivity contribution in [1.29, 1.82) is 0 Å². The van der Waals surface area contributed by atoms with Gasteiger partial charge in [0.15, 0.2) is 0 Å². The number of amides is 1. The van der Waals surface area contributed by atoms with Crippen LogP contribution in [0.1, 0.15) is 24.0 Å². The SMILES string of the molecule is Cc1ccc(N(CC(=O)N2CCC(Cc3ccccc3)CC2)S(=O)(=O)c2cccs2)cc1. The minimum Gasteiger partial charge on any atom is -0.341 e. The van der Waals surface area contributed by atoms with Crippen molar-refractivity contribution in [3.05, 3.63) is 83.2 Å². The topological polar surface area (TPSA) is 57.7 Å². The van der Waals surface area contributed by atoms with Crippen molar-refractivity contribution in [2.24, 2.45) is 5.92 Å². The van der Waals surface area contributed by atoms with Crippen LogP contribution in [0, 0.1) is 12.8 Å². The molecule has 168 valence electrons. The van der Waals surface area contributed by atoms with Crippen LogP contribution in [-0.2, 0) is 21.2 Å². The second-order valence-electron chi connectivity index (χ2n) is 8.29. The van der Waals surface area contributed by atoms with Gasteiger partial charge in [-0.25, -0.2) is 8.42 Å². The van der Waals surface area contributed by atoms with Crippen molar-refractivity contribution in [3.63, 3.8) is 0 Å². The molecule has 32 heavy (non-hydrogen) atoms. The summed E-state index contributed by atoms with van der Waals surface area (Å²) in [5.41, 5.74) is 2.87. The number of aryl methyl sites for hydroxylation is 1. The van der Waals surface area contributed by atoms with Crippen LogP contribution in [0.15, 0.2) is 76.3 Å². The number of benzene rings is 2. The van der Waals surface area contributed by atoms with E-state index in [1.807, 2.05) is 30.0 Å². The molecule has 0 bridgehead atoms. The Morgan fingerprint density at radius 3 is 2.31 bits per heavy atom. The number of anilines is 1. The van der Waals surface area contributed by atoms with Crippen molar-refractivity contribution >= 4 is 33.0 Å². The van der Waals surface area contributed by atoms with E-state index in [-0.39, 0.29) is 16.7 Å². The van der Waals surface area contributed by atoms with Gasteiger partial charge in [0.1, 0.15) is 10.8 Å². The lowest BCUT2D eigenvalue weighted by Crippen LogP contribution is -2.46. The van der Waals surface area contributed by atoms with E-state index in [0.29, 0.717) is 24.7 Å². The molecule has 0 saturated carbocycles. The predicted molar refractivity (Wildman–Crippen MR) is 129 cm³/mol. The highest BCUT2D eigenvalue weighted by atomic mass is 32.2. The molecule has 1 fully saturated rings. The molecule has 0 unspecified atom stereocenters. The Morgan fingerprint density at radius 2 is 1.69 bits per heavy atom. The summed E-state index contributed by atoms with van der Waals surface area (Å²) in [4.78, 5) is 15.0. The highest BCUT2D eigenvalue weighted by molar-refractivity contribution is 7.94. The number of carbonyl (C=O) groups excluding carboxylic acids is 1. The fourth-order valence-electron chi connectivity index (χ4n) is 4.10. The van der Waals surface area contributed by atoms with Crippen molar-refractivity contribution in [2.45, 2.75) is 30.4 Å². The van der Waals surface area contributed by atoms with Crippen LogP contribution in [0.5, 0.6) is 0 Å². The van der Waals surface area contributed by atoms with Crippen molar-refractivity contribution in [1.82, 2.24) is 4.90 Å². The van der Waals surface area contributed by atoms with Gasteiger partial charge in [0, 0.05) is 13.1 Å². The first-order valence-corrected chi connectivity index (χ1v) is 13.2. The molecule has 0 radical (unpaired) electrons. The van der Waals surface area contributed by atoms with Gasteiger partial charge in [-0.15, -0.1) is 11.3 Å². The maximum atomic E-state index is 13.3. The molecule has 5 nitrogen and oxygen atoms in total. The van der Waals surface area contributed by atoms with Crippen LogP contribution in [-0.4, -0.2) is 38.9 Å². The van der Waals surface area contributed by atoms with Gasteiger partial charge in [-0.1, -0.05) is 54.1 Å². The standard InChI is InChI=1S/C25H28N2O3S2/c1-20-9-11-23(12-10-20)27(32(29,30)25-8-5-17-31-25)19-24(28)26-15-13-22(14-16-26)18-21-6-3-2-4-7-21/h2-12,17,22H,13-16,18-19H2,1H3. The van der Waals surface area contributed by atoms with Crippen molar-refractivity contribution < 1.29 is 13.2 Å². The van der Waals surface area contributed by atoms with Gasteiger partial charge in [0.2, 0.25) is 5.91 Å². The molecule has 0 atom stereocenters. The number of carbonyl (C=O) groups is 1. The summed E-state index contributed by atoms with van der Waals surface area (Å²) in [5, 5.41) is 1.74. The molecule has 2 heterocycles. The average Bonchev–Trinajstić information content (AvgIpc) is 3.35. The zero-order valence-corrected chi connectivity index (χ0v) is 19.8. The monoisotopic (exact) mass is 468 g/mol. The van der Waals surface area contributed by atoms with Crippen LogP contribution < -0.4 is 4.31 Å². The molecule has 1 aromatic heterocycles. The quantitative estimate of drug-likeness (QED) is 0.504. The third-order valence-electron chi connectivity index (χ3n) is 5.97. The van der Waals surface area contributed by atoms with Gasteiger partial charge < -0.3 is 4.90 Å². The molecule has 3 aromatic rings. The molecule has 2 aromatic carbocycles. The zero-order chi connectivity index (χ0) is 22.6. The van der Waals surface area contributed by atoms with Crippen LogP contribution >= 0.6 is 11.3 Å². The fourth-order valence-corrected chi connectivity index (χ4v) is 6.62. The summed E-state index contributed by atoms with van der Waals surface area (Å²) in [7, 11) is -3.80. The van der Waals surface area contributed by atoms with E-state index >= 15 is 0 Å². The number of hydrogen-bond acceptors (Lipinski definition) is 4. The molecule has 1 amide bonds. The first kappa shape index (κ1) is 22.6. The van der Waals surface area contributed by atoms with E-state index in [9.17, 15) is 13.2 Å². The number of piperidine rings is 1. The van der Waals surface area contributed by atoms with Crippen LogP contribution in [0.4, 0.5) is 5.69 Å². The summed E-state index contributed by atoms with van der Waals surface area (Å²) >= 11 is 1.17. The summed E-state index contributed by atoms with van der Waals surface area (Å²) in [6.45, 7) is 3.09. The third-order valence-corrected chi connectivity index (χ3v) is 9.12. The summed E-state index contributed by atoms with van der Waals surface area (Å²) in [6.07, 6.45) is 2.89. The van der Waals surface area contributed by atoms with Gasteiger partial charge in [-0.2, -0.15) is 0 Å². The van der Waals surface area contributed by atoms with E-state index in [4.69, 9.17) is 0 Å². The Kier molecular flexibility index (Phi) is 6.96. The molecule has 1 aliphatic rings. The lowest BCUT2D eigenvalue weighted by Gasteiger charge is -2.34. The first-order chi connectivity index (χ1) is 15.4. The van der Waals surface area contributed by atoms with E-state index in [0.717, 1.165) is 24.8 Å². The Morgan fingerprint density at radius 1 is 1.00 bits per heavy atom. The molecule has 0 aliphatic carbocycles. The Balaban J connectivity index is 1.45. The highest BCUT2D eigenvalue weighted by Gasteiger charge is 2.31. The molecular formula is C25H28N2O3S2. The molecule has 7 heteroatoms. The molecule has 1 saturated heterocycles. The normalized spacial score (nSPS) is 15.0. The van der Waals surface area contributed by atoms with Crippen LogP contribution in [0.2, 0.25) is 0 Å². The first-order valence-electron chi connectivity index (χ1n) is 10.9. The number of sulfonamides is 1. The minimum atomic E-state index is -3.80. The number of nitrogens with zero attached hydrogens (tertiary/aromatic N) is 2. The predicted octanol–water partition coefficient (Wildman–Crippen LogP) is 4.73. The van der Waals surface area contributed by atoms with Gasteiger partial charge in [-0.3, -0.25) is 9.10 Å². The van der Waals surface area contributed by atoms with Gasteiger partial charge in [0.05, 0.1) is 5.69 Å². The lowest BCUT2D eigenvalue weighted by molar-refractivity contribution is -0.130. The molecule has 4 rings (SSSR count). The zero-order valence-electron chi connectivity index (χ0n) is 18.2. The maximum absolute atomic E-state index is 13.3. The number of rotatable bonds is 7. The summed E-state index contributed by atoms with van der Waals surface area (Å²) in [6, 6.07) is 21.0. The highest BCUT2D eigenvalue weighted by Crippen LogP contribution is 2.28. The van der Waals surface area contributed by atoms with Crippen molar-refractivity contribution in [2.75, 3.05) is 23.9 Å². The van der Waals surface area contributed by atoms with Crippen molar-refractivity contribution in [3.8, 4) is 0 Å². The van der Waals surface area contributed by atoms with E-state index in [1.54, 1.807) is 29.6 Å². The van der Waals surface area contributed by atoms with E-state index in [1.165, 1.54) is 21.2 Å². The fraction of sp³-hybridized carbons (Fsp3) is 0.320. The largest absolute Gasteiger partial charge is 0.341 e. The maximum Gasteiger partial charge on any atom is 0.274 e. The third kappa shape index (κ3) is 5.22. The molecule has 1 aliphatic heterocycles. The van der Waals surface area contributed by atoms with Crippen LogP contribution in [0.3, 0.4) is 0 Å². The van der Waals surface area contributed by atoms with E-state index < -0.39 is 10.0 Å². The summed E-state index contributed by atoms with van der Waals surface area (Å²) in [5.74, 6) is 0.397. The number of likely N-dealkylation sites (tertiary alicyclic amines) is 1. The number of hydrogen-bond donors (Lipinski definition) is 0. The van der Waals surface area contributed by atoms with Gasteiger partial charge in [0.25, 0.3) is 10.0 Å². The lowest BCUT2D eigenvalue weighted by atomic mass is 9.90. The molecule has 0 spiro atoms. The molecular weight excluding hydrogens is 440 g/mol. The number of thiophene rings is 1. The van der Waals surface area contributed by atoms with Gasteiger partial charge in [-0.05, 0) is 61.2 Å². The second-order valence-corrected chi connectivity index (χ2v) is 11.3. The summed E-state index contributed by atoms with van der Waals surface area (Å²) < 4.78 is 28.1. The van der Waals surface area contributed by atoms with Crippen LogP contribution in [0.25, 0.3) is 0 Å². The minimum absolute atomic E-state index is 0.149. The van der Waals surface area contributed by atoms with E-state index in [2.05, 4.69) is 24.3 Å². The Labute approximate surface area is 194 Å². The molecule has 0 N–H and O–H groups in total. The van der Waals surface area contributed by atoms with Gasteiger partial charge >= 0.3 is 0 Å².